The summed E-state index contributed by atoms with van der Waals surface area (Å²) in [4.78, 5) is 2.17. The third-order valence-corrected chi connectivity index (χ3v) is 5.67. The van der Waals surface area contributed by atoms with Gasteiger partial charge in [0.15, 0.2) is 0 Å². The van der Waals surface area contributed by atoms with Gasteiger partial charge in [0.05, 0.1) is 17.8 Å². The van der Waals surface area contributed by atoms with Crippen molar-refractivity contribution in [2.45, 2.75) is 37.5 Å². The van der Waals surface area contributed by atoms with Gasteiger partial charge in [0.2, 0.25) is 0 Å². The van der Waals surface area contributed by atoms with E-state index in [2.05, 4.69) is 11.5 Å². The molecule has 0 unspecified atom stereocenters. The highest BCUT2D eigenvalue weighted by molar-refractivity contribution is 5.85. The molecule has 1 N–H and O–H groups in total. The Bertz CT molecular complexity index is 896. The standard InChI is InChI=1S/C24H27F4NO2.ClH/c1-2-5-18-16-21(25)8-9-22(18)31-15-4-12-29-13-10-23(30,11-14-29)19-6-3-7-20(17-19)24(26,27)28;/h2-3,6-9,16-17,30H,1,4-5,10-15H2;1H. The van der Waals surface area contributed by atoms with Crippen LogP contribution in [0.5, 0.6) is 5.75 Å². The minimum absolute atomic E-state index is 0. The van der Waals surface area contributed by atoms with Crippen molar-refractivity contribution in [3.8, 4) is 5.75 Å². The van der Waals surface area contributed by atoms with Crippen LogP contribution in [0.2, 0.25) is 0 Å². The minimum atomic E-state index is -4.43. The summed E-state index contributed by atoms with van der Waals surface area (Å²) in [5, 5.41) is 10.9. The molecule has 0 bridgehead atoms. The summed E-state index contributed by atoms with van der Waals surface area (Å²) in [6.07, 6.45) is -0.725. The molecule has 0 spiro atoms. The molecule has 1 aliphatic heterocycles. The third kappa shape index (κ3) is 6.70. The molecule has 0 atom stereocenters. The van der Waals surface area contributed by atoms with Gasteiger partial charge in [0.25, 0.3) is 0 Å². The van der Waals surface area contributed by atoms with Crippen LogP contribution in [0.15, 0.2) is 55.1 Å². The van der Waals surface area contributed by atoms with Crippen molar-refractivity contribution >= 4 is 12.4 Å². The summed E-state index contributed by atoms with van der Waals surface area (Å²) >= 11 is 0. The van der Waals surface area contributed by atoms with Gasteiger partial charge >= 0.3 is 6.18 Å². The molecule has 1 aliphatic rings. The van der Waals surface area contributed by atoms with E-state index in [9.17, 15) is 22.7 Å². The van der Waals surface area contributed by atoms with Crippen LogP contribution in [0.3, 0.4) is 0 Å². The maximum atomic E-state index is 13.4. The van der Waals surface area contributed by atoms with Crippen LogP contribution in [0.4, 0.5) is 17.6 Å². The topological polar surface area (TPSA) is 32.7 Å². The van der Waals surface area contributed by atoms with E-state index in [1.165, 1.54) is 18.2 Å². The predicted octanol–water partition coefficient (Wildman–Crippen LogP) is 5.75. The van der Waals surface area contributed by atoms with E-state index in [1.807, 2.05) is 0 Å². The molecule has 8 heteroatoms. The highest BCUT2D eigenvalue weighted by Crippen LogP contribution is 2.36. The zero-order valence-electron chi connectivity index (χ0n) is 17.7. The molecule has 1 saturated heterocycles. The highest BCUT2D eigenvalue weighted by Gasteiger charge is 2.36. The Balaban J connectivity index is 0.00000363. The Morgan fingerprint density at radius 3 is 2.50 bits per heavy atom. The second-order valence-corrected chi connectivity index (χ2v) is 7.90. The first-order chi connectivity index (χ1) is 14.7. The maximum absolute atomic E-state index is 13.4. The van der Waals surface area contributed by atoms with Crippen LogP contribution in [0.1, 0.15) is 36.0 Å². The van der Waals surface area contributed by atoms with Gasteiger partial charge in [0.1, 0.15) is 11.6 Å². The fraction of sp³-hybridized carbons (Fsp3) is 0.417. The molecule has 2 aromatic rings. The van der Waals surface area contributed by atoms with E-state index in [0.29, 0.717) is 50.3 Å². The smallest absolute Gasteiger partial charge is 0.416 e. The zero-order chi connectivity index (χ0) is 22.5. The second-order valence-electron chi connectivity index (χ2n) is 7.90. The number of aliphatic hydroxyl groups is 1. The molecule has 3 nitrogen and oxygen atoms in total. The molecule has 176 valence electrons. The van der Waals surface area contributed by atoms with E-state index in [-0.39, 0.29) is 18.2 Å². The number of alkyl halides is 3. The first kappa shape index (κ1) is 26.2. The molecule has 1 fully saturated rings. The molecule has 0 saturated carbocycles. The Kier molecular flexibility index (Phi) is 9.13. The van der Waals surface area contributed by atoms with Crippen molar-refractivity contribution in [3.05, 3.63) is 77.6 Å². The quantitative estimate of drug-likeness (QED) is 0.301. The van der Waals surface area contributed by atoms with Crippen molar-refractivity contribution in [3.63, 3.8) is 0 Å². The van der Waals surface area contributed by atoms with Crippen LogP contribution in [0.25, 0.3) is 0 Å². The lowest BCUT2D eigenvalue weighted by Crippen LogP contribution is -2.43. The molecule has 2 aromatic carbocycles. The molecular formula is C24H28ClF4NO2. The summed E-state index contributed by atoms with van der Waals surface area (Å²) in [6, 6.07) is 9.39. The predicted molar refractivity (Wildman–Crippen MR) is 119 cm³/mol. The summed E-state index contributed by atoms with van der Waals surface area (Å²) in [6.45, 7) is 6.06. The van der Waals surface area contributed by atoms with Crippen LogP contribution in [-0.4, -0.2) is 36.2 Å². The van der Waals surface area contributed by atoms with Crippen LogP contribution in [-0.2, 0) is 18.2 Å². The first-order valence-electron chi connectivity index (χ1n) is 10.4. The Morgan fingerprint density at radius 1 is 1.12 bits per heavy atom. The molecule has 32 heavy (non-hydrogen) atoms. The summed E-state index contributed by atoms with van der Waals surface area (Å²) in [5.41, 5.74) is -0.924. The molecule has 0 amide bonds. The number of benzene rings is 2. The number of ether oxygens (including phenoxy) is 1. The maximum Gasteiger partial charge on any atom is 0.416 e. The molecule has 3 rings (SSSR count). The summed E-state index contributed by atoms with van der Waals surface area (Å²) in [7, 11) is 0. The molecule has 0 radical (unpaired) electrons. The largest absolute Gasteiger partial charge is 0.493 e. The van der Waals surface area contributed by atoms with Gasteiger partial charge < -0.3 is 14.7 Å². The Hall–Kier alpha value is -2.09. The fourth-order valence-electron chi connectivity index (χ4n) is 3.89. The van der Waals surface area contributed by atoms with E-state index in [1.54, 1.807) is 18.2 Å². The van der Waals surface area contributed by atoms with Crippen molar-refractivity contribution in [1.82, 2.24) is 4.90 Å². The van der Waals surface area contributed by atoms with Crippen LogP contribution < -0.4 is 4.74 Å². The molecule has 1 heterocycles. The molecular weight excluding hydrogens is 446 g/mol. The summed E-state index contributed by atoms with van der Waals surface area (Å²) < 4.78 is 58.1. The van der Waals surface area contributed by atoms with Gasteiger partial charge in [-0.1, -0.05) is 18.2 Å². The molecule has 0 aromatic heterocycles. The number of hydrogen-bond acceptors (Lipinski definition) is 3. The van der Waals surface area contributed by atoms with Gasteiger partial charge in [-0.3, -0.25) is 0 Å². The lowest BCUT2D eigenvalue weighted by atomic mass is 9.83. The lowest BCUT2D eigenvalue weighted by molar-refractivity contribution is -0.137. The van der Waals surface area contributed by atoms with Gasteiger partial charge in [-0.15, -0.1) is 19.0 Å². The van der Waals surface area contributed by atoms with Gasteiger partial charge in [-0.25, -0.2) is 4.39 Å². The first-order valence-corrected chi connectivity index (χ1v) is 10.4. The number of hydrogen-bond donors (Lipinski definition) is 1. The molecule has 0 aliphatic carbocycles. The highest BCUT2D eigenvalue weighted by atomic mass is 35.5. The van der Waals surface area contributed by atoms with Gasteiger partial charge in [0, 0.05) is 25.2 Å². The fourth-order valence-corrected chi connectivity index (χ4v) is 3.89. The number of rotatable bonds is 8. The Morgan fingerprint density at radius 2 is 1.84 bits per heavy atom. The third-order valence-electron chi connectivity index (χ3n) is 5.67. The van der Waals surface area contributed by atoms with Crippen molar-refractivity contribution in [1.29, 1.82) is 0 Å². The van der Waals surface area contributed by atoms with Gasteiger partial charge in [-0.2, -0.15) is 13.2 Å². The van der Waals surface area contributed by atoms with E-state index in [0.717, 1.165) is 30.7 Å². The number of allylic oxidation sites excluding steroid dienone is 1. The van der Waals surface area contributed by atoms with Crippen molar-refractivity contribution in [2.75, 3.05) is 26.2 Å². The van der Waals surface area contributed by atoms with Crippen LogP contribution >= 0.6 is 12.4 Å². The number of likely N-dealkylation sites (tertiary alicyclic amines) is 1. The van der Waals surface area contributed by atoms with E-state index >= 15 is 0 Å². The summed E-state index contributed by atoms with van der Waals surface area (Å²) in [5.74, 6) is 0.324. The van der Waals surface area contributed by atoms with Gasteiger partial charge in [-0.05, 0) is 61.6 Å². The lowest BCUT2D eigenvalue weighted by Gasteiger charge is -2.38. The zero-order valence-corrected chi connectivity index (χ0v) is 18.5. The average Bonchev–Trinajstić information content (AvgIpc) is 2.73. The minimum Gasteiger partial charge on any atom is -0.493 e. The van der Waals surface area contributed by atoms with Crippen molar-refractivity contribution in [2.24, 2.45) is 0 Å². The normalized spacial score (nSPS) is 16.3. The van der Waals surface area contributed by atoms with Crippen molar-refractivity contribution < 1.29 is 27.4 Å². The number of halogens is 5. The number of piperidine rings is 1. The van der Waals surface area contributed by atoms with E-state index in [4.69, 9.17) is 4.74 Å². The second kappa shape index (κ2) is 11.2. The SMILES string of the molecule is C=CCc1cc(F)ccc1OCCCN1CCC(O)(c2cccc(C(F)(F)F)c2)CC1.Cl. The monoisotopic (exact) mass is 473 g/mol. The van der Waals surface area contributed by atoms with Crippen LogP contribution in [0, 0.1) is 5.82 Å². The van der Waals surface area contributed by atoms with E-state index < -0.39 is 17.3 Å². The Labute approximate surface area is 192 Å². The number of nitrogens with zero attached hydrogens (tertiary/aromatic N) is 1. The average molecular weight is 474 g/mol.